The molecule has 9 nitrogen and oxygen atoms in total. The van der Waals surface area contributed by atoms with E-state index in [1.165, 1.54) is 12.1 Å². The molecule has 44 heavy (non-hydrogen) atoms. The van der Waals surface area contributed by atoms with Crippen LogP contribution in [-0.4, -0.2) is 26.4 Å². The normalized spacial score (nSPS) is 17.1. The summed E-state index contributed by atoms with van der Waals surface area (Å²) in [6.07, 6.45) is 1.81. The molecular weight excluding hydrogens is 595 g/mol. The first-order valence-corrected chi connectivity index (χ1v) is 15.2. The Kier molecular flexibility index (Phi) is 7.19. The third-order valence-corrected chi connectivity index (χ3v) is 9.23. The highest BCUT2D eigenvalue weighted by Gasteiger charge is 2.42. The predicted octanol–water partition coefficient (Wildman–Crippen LogP) is 7.45. The van der Waals surface area contributed by atoms with E-state index in [1.54, 1.807) is 30.1 Å². The maximum Gasteiger partial charge on any atom is 0.269 e. The van der Waals surface area contributed by atoms with Crippen molar-refractivity contribution in [3.8, 4) is 17.2 Å². The fourth-order valence-corrected chi connectivity index (χ4v) is 7.07. The Bertz CT molecular complexity index is 1880. The van der Waals surface area contributed by atoms with Crippen LogP contribution in [0.15, 0.2) is 107 Å². The van der Waals surface area contributed by atoms with E-state index < -0.39 is 4.92 Å². The molecule has 7 rings (SSSR count). The monoisotopic (exact) mass is 621 g/mol. The number of non-ortho nitro benzene ring substituents is 1. The Hall–Kier alpha value is -4.87. The predicted molar refractivity (Wildman–Crippen MR) is 173 cm³/mol. The van der Waals surface area contributed by atoms with Crippen LogP contribution in [0.4, 0.5) is 11.4 Å². The van der Waals surface area contributed by atoms with Crippen LogP contribution in [0.5, 0.6) is 11.5 Å². The van der Waals surface area contributed by atoms with Gasteiger partial charge in [0, 0.05) is 56.9 Å². The van der Waals surface area contributed by atoms with E-state index in [9.17, 15) is 10.1 Å². The lowest BCUT2D eigenvalue weighted by molar-refractivity contribution is -0.384. The number of ether oxygens (including phenoxy) is 2. The second-order valence-corrected chi connectivity index (χ2v) is 12.1. The minimum absolute atomic E-state index is 0.0751. The highest BCUT2D eigenvalue weighted by Crippen LogP contribution is 2.45. The van der Waals surface area contributed by atoms with Crippen molar-refractivity contribution in [1.82, 2.24) is 14.9 Å². The molecule has 11 heteroatoms. The number of aromatic nitrogens is 2. The first kappa shape index (κ1) is 27.9. The van der Waals surface area contributed by atoms with Gasteiger partial charge >= 0.3 is 0 Å². The maximum atomic E-state index is 11.0. The molecule has 0 bridgehead atoms. The average Bonchev–Trinajstić information content (AvgIpc) is 3.72. The second kappa shape index (κ2) is 11.3. The number of pyridine rings is 1. The molecule has 220 valence electrons. The summed E-state index contributed by atoms with van der Waals surface area (Å²) in [7, 11) is 0. The zero-order valence-electron chi connectivity index (χ0n) is 23.8. The van der Waals surface area contributed by atoms with E-state index in [-0.39, 0.29) is 24.6 Å². The smallest absolute Gasteiger partial charge is 0.269 e. The number of rotatable bonds is 7. The Labute approximate surface area is 263 Å². The third kappa shape index (κ3) is 5.03. The molecule has 5 aromatic rings. The number of fused-ring (bicyclic) bond motifs is 1. The largest absolute Gasteiger partial charge is 0.454 e. The number of anilines is 1. The molecule has 0 radical (unpaired) electrons. The molecule has 0 aliphatic carbocycles. The number of nitrogens with zero attached hydrogens (tertiary/aromatic N) is 4. The topological polar surface area (TPSA) is 94.7 Å². The molecule has 1 fully saturated rings. The van der Waals surface area contributed by atoms with Crippen molar-refractivity contribution >= 4 is 40.5 Å². The molecule has 0 spiro atoms. The Morgan fingerprint density at radius 2 is 1.64 bits per heavy atom. The number of aryl methyl sites for hydroxylation is 1. The average molecular weight is 622 g/mol. The molecule has 2 atom stereocenters. The number of hydrogen-bond acceptors (Lipinski definition) is 7. The fourth-order valence-electron chi connectivity index (χ4n) is 5.90. The fraction of sp³-hybridized carbons (Fsp3) is 0.152. The summed E-state index contributed by atoms with van der Waals surface area (Å²) >= 11 is 7.51. The Morgan fingerprint density at radius 3 is 2.34 bits per heavy atom. The number of nitro benzene ring substituents is 1. The summed E-state index contributed by atoms with van der Waals surface area (Å²) in [6, 6.07) is 28.6. The summed E-state index contributed by atoms with van der Waals surface area (Å²) in [5.74, 6) is 1.48. The first-order chi connectivity index (χ1) is 21.4. The van der Waals surface area contributed by atoms with Crippen LogP contribution < -0.4 is 19.7 Å². The summed E-state index contributed by atoms with van der Waals surface area (Å²) < 4.78 is 13.4. The van der Waals surface area contributed by atoms with Gasteiger partial charge < -0.3 is 24.3 Å². The molecule has 1 N–H and O–H groups in total. The lowest BCUT2D eigenvalue weighted by Crippen LogP contribution is -2.29. The van der Waals surface area contributed by atoms with Gasteiger partial charge in [0.05, 0.1) is 22.7 Å². The van der Waals surface area contributed by atoms with Crippen molar-refractivity contribution < 1.29 is 14.4 Å². The number of thiocarbonyl (C=S) groups is 1. The van der Waals surface area contributed by atoms with E-state index in [1.807, 2.05) is 48.5 Å². The van der Waals surface area contributed by atoms with Gasteiger partial charge in [-0.2, -0.15) is 0 Å². The van der Waals surface area contributed by atoms with Gasteiger partial charge in [-0.3, -0.25) is 15.1 Å². The van der Waals surface area contributed by atoms with E-state index in [0.717, 1.165) is 55.3 Å². The standard InChI is InChI=1S/C33H27N5O4S2/c1-20-17-27(21(2)36(20)24-10-15-29-30(18-24)42-19-41-29)32-31(28-5-3-4-16-34-28)35-33(43)37(32)22-6-11-25(12-7-22)44-26-13-8-23(9-14-26)38(39)40/h3-18,31-32H,19H2,1-2H3,(H,35,43)/t31-,32+/m0/s1. The quantitative estimate of drug-likeness (QED) is 0.113. The van der Waals surface area contributed by atoms with Gasteiger partial charge in [-0.05, 0) is 98.4 Å². The third-order valence-electron chi connectivity index (χ3n) is 7.90. The van der Waals surface area contributed by atoms with Gasteiger partial charge in [0.15, 0.2) is 16.6 Å². The highest BCUT2D eigenvalue weighted by molar-refractivity contribution is 7.99. The van der Waals surface area contributed by atoms with E-state index >= 15 is 0 Å². The molecule has 2 aliphatic rings. The van der Waals surface area contributed by atoms with Gasteiger partial charge in [-0.15, -0.1) is 0 Å². The molecule has 2 aliphatic heterocycles. The molecular formula is C33H27N5O4S2. The molecule has 4 heterocycles. The summed E-state index contributed by atoms with van der Waals surface area (Å²) in [5, 5.41) is 15.2. The lowest BCUT2D eigenvalue weighted by atomic mass is 9.96. The van der Waals surface area contributed by atoms with Gasteiger partial charge in [0.2, 0.25) is 6.79 Å². The minimum atomic E-state index is -0.391. The van der Waals surface area contributed by atoms with E-state index in [4.69, 9.17) is 26.7 Å². The number of nitro groups is 1. The minimum Gasteiger partial charge on any atom is -0.454 e. The van der Waals surface area contributed by atoms with Gasteiger partial charge in [-0.1, -0.05) is 17.8 Å². The van der Waals surface area contributed by atoms with Crippen LogP contribution in [0, 0.1) is 24.0 Å². The highest BCUT2D eigenvalue weighted by atomic mass is 32.2. The molecule has 0 unspecified atom stereocenters. The molecule has 1 saturated heterocycles. The van der Waals surface area contributed by atoms with Crippen LogP contribution in [0.25, 0.3) is 5.69 Å². The van der Waals surface area contributed by atoms with Crippen molar-refractivity contribution in [2.75, 3.05) is 11.7 Å². The summed E-state index contributed by atoms with van der Waals surface area (Å²) in [6.45, 7) is 4.46. The van der Waals surface area contributed by atoms with Crippen molar-refractivity contribution in [3.05, 3.63) is 130 Å². The van der Waals surface area contributed by atoms with Crippen molar-refractivity contribution in [2.24, 2.45) is 0 Å². The van der Waals surface area contributed by atoms with Gasteiger partial charge in [-0.25, -0.2) is 0 Å². The van der Waals surface area contributed by atoms with Crippen LogP contribution in [0.2, 0.25) is 0 Å². The van der Waals surface area contributed by atoms with Gasteiger partial charge in [0.25, 0.3) is 5.69 Å². The summed E-state index contributed by atoms with van der Waals surface area (Å²) in [5.41, 5.74) is 6.24. The lowest BCUT2D eigenvalue weighted by Gasteiger charge is -2.28. The number of benzene rings is 3. The Morgan fingerprint density at radius 1 is 0.932 bits per heavy atom. The van der Waals surface area contributed by atoms with E-state index in [0.29, 0.717) is 5.11 Å². The summed E-state index contributed by atoms with van der Waals surface area (Å²) in [4.78, 5) is 19.4. The first-order valence-electron chi connectivity index (χ1n) is 14.0. The maximum absolute atomic E-state index is 11.0. The molecule has 0 saturated carbocycles. The number of hydrogen-bond donors (Lipinski definition) is 1. The Balaban J connectivity index is 1.25. The van der Waals surface area contributed by atoms with Crippen LogP contribution in [0.1, 0.15) is 34.7 Å². The number of nitrogens with one attached hydrogen (secondary N) is 1. The van der Waals surface area contributed by atoms with Crippen LogP contribution in [0.3, 0.4) is 0 Å². The van der Waals surface area contributed by atoms with Crippen molar-refractivity contribution in [1.29, 1.82) is 0 Å². The van der Waals surface area contributed by atoms with Crippen molar-refractivity contribution in [3.63, 3.8) is 0 Å². The molecule has 2 aromatic heterocycles. The SMILES string of the molecule is Cc1cc([C@@H]2[C@H](c3ccccn3)NC(=S)N2c2ccc(Sc3ccc([N+](=O)[O-])cc3)cc2)c(C)n1-c1ccc2c(c1)OCO2. The molecule has 3 aromatic carbocycles. The van der Waals surface area contributed by atoms with E-state index in [2.05, 4.69) is 46.8 Å². The van der Waals surface area contributed by atoms with Gasteiger partial charge in [0.1, 0.15) is 0 Å². The zero-order valence-corrected chi connectivity index (χ0v) is 25.5. The zero-order chi connectivity index (χ0) is 30.4. The van der Waals surface area contributed by atoms with Crippen LogP contribution >= 0.6 is 24.0 Å². The van der Waals surface area contributed by atoms with Crippen LogP contribution in [-0.2, 0) is 0 Å². The van der Waals surface area contributed by atoms with Crippen molar-refractivity contribution in [2.45, 2.75) is 35.7 Å². The second-order valence-electron chi connectivity index (χ2n) is 10.5. The molecule has 0 amide bonds.